The summed E-state index contributed by atoms with van der Waals surface area (Å²) in [7, 11) is 0. The number of thiazole rings is 1. The molecular weight excluding hydrogens is 384 g/mol. The van der Waals surface area contributed by atoms with Crippen LogP contribution in [0.1, 0.15) is 49.2 Å². The molecule has 0 bridgehead atoms. The molecule has 8 heteroatoms. The summed E-state index contributed by atoms with van der Waals surface area (Å²) in [6.45, 7) is 5.82. The van der Waals surface area contributed by atoms with Gasteiger partial charge >= 0.3 is 0 Å². The van der Waals surface area contributed by atoms with Crippen LogP contribution in [0.3, 0.4) is 0 Å². The molecule has 7 nitrogen and oxygen atoms in total. The Morgan fingerprint density at radius 1 is 1.31 bits per heavy atom. The number of amides is 1. The predicted octanol–water partition coefficient (Wildman–Crippen LogP) is 3.17. The van der Waals surface area contributed by atoms with Crippen molar-refractivity contribution in [3.63, 3.8) is 0 Å². The van der Waals surface area contributed by atoms with Gasteiger partial charge in [0.2, 0.25) is 5.91 Å². The van der Waals surface area contributed by atoms with Crippen LogP contribution in [0.2, 0.25) is 0 Å². The highest BCUT2D eigenvalue weighted by Crippen LogP contribution is 2.29. The Labute approximate surface area is 176 Å². The number of nitrogens with one attached hydrogen (secondary N) is 1. The van der Waals surface area contributed by atoms with E-state index < -0.39 is 0 Å². The molecule has 1 aromatic heterocycles. The third-order valence-electron chi connectivity index (χ3n) is 5.22. The molecule has 1 aromatic carbocycles. The summed E-state index contributed by atoms with van der Waals surface area (Å²) in [6, 6.07) is 8.55. The largest absolute Gasteiger partial charge is 0.370 e. The van der Waals surface area contributed by atoms with Crippen LogP contribution in [0, 0.1) is 0 Å². The predicted molar refractivity (Wildman–Crippen MR) is 119 cm³/mol. The molecule has 1 saturated heterocycles. The number of aliphatic imine (C=N–C) groups is 1. The first-order valence-electron chi connectivity index (χ1n) is 10.1. The number of hydrogen-bond acceptors (Lipinski definition) is 5. The SMILES string of the molecule is CC[C@@H]1CCCN1Cc1sc(NC(C)=O)nc1CCc1ccc(N=C(N)N)cc1. The summed E-state index contributed by atoms with van der Waals surface area (Å²) in [6.07, 6.45) is 5.40. The van der Waals surface area contributed by atoms with Crippen molar-refractivity contribution in [2.24, 2.45) is 16.5 Å². The third-order valence-corrected chi connectivity index (χ3v) is 6.22. The molecule has 0 spiro atoms. The highest BCUT2D eigenvalue weighted by atomic mass is 32.1. The van der Waals surface area contributed by atoms with Gasteiger partial charge in [0.15, 0.2) is 11.1 Å². The Morgan fingerprint density at radius 3 is 2.72 bits per heavy atom. The van der Waals surface area contributed by atoms with E-state index in [0.29, 0.717) is 11.2 Å². The zero-order chi connectivity index (χ0) is 20.8. The Kier molecular flexibility index (Phi) is 7.22. The molecule has 1 atom stereocenters. The zero-order valence-corrected chi connectivity index (χ0v) is 18.0. The number of nitrogens with zero attached hydrogens (tertiary/aromatic N) is 3. The number of aryl methyl sites for hydroxylation is 2. The van der Waals surface area contributed by atoms with E-state index in [2.05, 4.69) is 22.1 Å². The molecule has 0 radical (unpaired) electrons. The molecule has 1 aliphatic rings. The fourth-order valence-electron chi connectivity index (χ4n) is 3.81. The zero-order valence-electron chi connectivity index (χ0n) is 17.1. The van der Waals surface area contributed by atoms with Gasteiger partial charge in [-0.15, -0.1) is 11.3 Å². The number of carbonyl (C=O) groups is 1. The Hall–Kier alpha value is -2.45. The summed E-state index contributed by atoms with van der Waals surface area (Å²) in [5.41, 5.74) is 13.9. The molecule has 0 unspecified atom stereocenters. The fraction of sp³-hybridized carbons (Fsp3) is 0.476. The van der Waals surface area contributed by atoms with E-state index in [0.717, 1.165) is 37.3 Å². The summed E-state index contributed by atoms with van der Waals surface area (Å²) in [4.78, 5) is 24.1. The van der Waals surface area contributed by atoms with Crippen molar-refractivity contribution in [3.8, 4) is 0 Å². The Balaban J connectivity index is 1.71. The summed E-state index contributed by atoms with van der Waals surface area (Å²) < 4.78 is 0. The molecule has 156 valence electrons. The van der Waals surface area contributed by atoms with Crippen molar-refractivity contribution in [2.45, 2.75) is 58.5 Å². The number of anilines is 1. The molecule has 0 aliphatic carbocycles. The van der Waals surface area contributed by atoms with Crippen LogP contribution in [-0.4, -0.2) is 34.3 Å². The highest BCUT2D eigenvalue weighted by molar-refractivity contribution is 7.15. The summed E-state index contributed by atoms with van der Waals surface area (Å²) in [5, 5.41) is 3.54. The average molecular weight is 415 g/mol. The second kappa shape index (κ2) is 9.84. The van der Waals surface area contributed by atoms with E-state index in [4.69, 9.17) is 16.5 Å². The number of aromatic nitrogens is 1. The molecule has 1 fully saturated rings. The van der Waals surface area contributed by atoms with Crippen LogP contribution in [0.4, 0.5) is 10.8 Å². The molecule has 29 heavy (non-hydrogen) atoms. The number of guanidine groups is 1. The lowest BCUT2D eigenvalue weighted by atomic mass is 10.1. The third kappa shape index (κ3) is 6.01. The number of nitrogens with two attached hydrogens (primary N) is 2. The van der Waals surface area contributed by atoms with Gasteiger partial charge in [-0.2, -0.15) is 0 Å². The second-order valence-electron chi connectivity index (χ2n) is 7.45. The van der Waals surface area contributed by atoms with E-state index in [1.54, 1.807) is 11.3 Å². The van der Waals surface area contributed by atoms with Gasteiger partial charge in [0.05, 0.1) is 11.4 Å². The first-order valence-corrected chi connectivity index (χ1v) is 10.9. The lowest BCUT2D eigenvalue weighted by Crippen LogP contribution is -2.28. The molecule has 5 N–H and O–H groups in total. The van der Waals surface area contributed by atoms with Gasteiger partial charge in [0.25, 0.3) is 0 Å². The minimum absolute atomic E-state index is 0.0580. The molecule has 3 rings (SSSR count). The van der Waals surface area contributed by atoms with Gasteiger partial charge < -0.3 is 16.8 Å². The average Bonchev–Trinajstić information content (AvgIpc) is 3.27. The van der Waals surface area contributed by atoms with Crippen molar-refractivity contribution < 1.29 is 4.79 Å². The maximum absolute atomic E-state index is 11.5. The van der Waals surface area contributed by atoms with Crippen molar-refractivity contribution in [1.29, 1.82) is 0 Å². The monoisotopic (exact) mass is 414 g/mol. The molecule has 1 amide bonds. The van der Waals surface area contributed by atoms with Crippen molar-refractivity contribution >= 4 is 34.0 Å². The minimum Gasteiger partial charge on any atom is -0.370 e. The lowest BCUT2D eigenvalue weighted by molar-refractivity contribution is -0.114. The molecular formula is C21H30N6OS. The van der Waals surface area contributed by atoms with Gasteiger partial charge in [-0.05, 0) is 56.3 Å². The maximum Gasteiger partial charge on any atom is 0.223 e. The summed E-state index contributed by atoms with van der Waals surface area (Å²) >= 11 is 1.60. The Bertz CT molecular complexity index is 857. The van der Waals surface area contributed by atoms with Gasteiger partial charge in [-0.1, -0.05) is 19.1 Å². The molecule has 2 aromatic rings. The van der Waals surface area contributed by atoms with E-state index in [1.807, 2.05) is 24.3 Å². The quantitative estimate of drug-likeness (QED) is 0.454. The normalized spacial score (nSPS) is 16.7. The van der Waals surface area contributed by atoms with Crippen LogP contribution < -0.4 is 16.8 Å². The van der Waals surface area contributed by atoms with E-state index in [-0.39, 0.29) is 11.9 Å². The van der Waals surface area contributed by atoms with Crippen molar-refractivity contribution in [2.75, 3.05) is 11.9 Å². The minimum atomic E-state index is -0.0835. The topological polar surface area (TPSA) is 110 Å². The van der Waals surface area contributed by atoms with Gasteiger partial charge in [0.1, 0.15) is 0 Å². The fourth-order valence-corrected chi connectivity index (χ4v) is 4.89. The van der Waals surface area contributed by atoms with Crippen molar-refractivity contribution in [1.82, 2.24) is 9.88 Å². The second-order valence-corrected chi connectivity index (χ2v) is 8.53. The van der Waals surface area contributed by atoms with Gasteiger partial charge in [-0.3, -0.25) is 9.69 Å². The number of benzene rings is 1. The van der Waals surface area contributed by atoms with Gasteiger partial charge in [0, 0.05) is 24.4 Å². The van der Waals surface area contributed by atoms with Crippen LogP contribution >= 0.6 is 11.3 Å². The molecule has 0 saturated carbocycles. The smallest absolute Gasteiger partial charge is 0.223 e. The van der Waals surface area contributed by atoms with Crippen molar-refractivity contribution in [3.05, 3.63) is 40.4 Å². The number of carbonyl (C=O) groups excluding carboxylic acids is 1. The molecule has 2 heterocycles. The first-order chi connectivity index (χ1) is 13.9. The van der Waals surface area contributed by atoms with E-state index >= 15 is 0 Å². The summed E-state index contributed by atoms with van der Waals surface area (Å²) in [5.74, 6) is -0.0255. The maximum atomic E-state index is 11.5. The number of hydrogen-bond donors (Lipinski definition) is 3. The Morgan fingerprint density at radius 2 is 2.07 bits per heavy atom. The van der Waals surface area contributed by atoms with E-state index in [1.165, 1.54) is 36.6 Å². The van der Waals surface area contributed by atoms with Crippen LogP contribution in [0.25, 0.3) is 0 Å². The number of rotatable bonds is 8. The van der Waals surface area contributed by atoms with Gasteiger partial charge in [-0.25, -0.2) is 9.98 Å². The standard InChI is InChI=1S/C21H30N6OS/c1-3-17-5-4-12-27(17)13-19-18(26-21(29-19)24-14(2)28)11-8-15-6-9-16(10-7-15)25-20(22)23/h6-7,9-10,17H,3-5,8,11-13H2,1-2H3,(H4,22,23,25)(H,24,26,28)/t17-/m1/s1. The lowest BCUT2D eigenvalue weighted by Gasteiger charge is -2.22. The molecule has 1 aliphatic heterocycles. The number of likely N-dealkylation sites (tertiary alicyclic amines) is 1. The van der Waals surface area contributed by atoms with E-state index in [9.17, 15) is 4.79 Å². The van der Waals surface area contributed by atoms with Crippen LogP contribution in [0.5, 0.6) is 0 Å². The van der Waals surface area contributed by atoms with Crippen LogP contribution in [-0.2, 0) is 24.2 Å². The highest BCUT2D eigenvalue weighted by Gasteiger charge is 2.25. The van der Waals surface area contributed by atoms with Crippen LogP contribution in [0.15, 0.2) is 29.3 Å². The first kappa shape index (κ1) is 21.3.